The van der Waals surface area contributed by atoms with Crippen LogP contribution >= 0.6 is 0 Å². The lowest BCUT2D eigenvalue weighted by molar-refractivity contribution is 0.342. The average Bonchev–Trinajstić information content (AvgIpc) is 2.40. The second-order valence-corrected chi connectivity index (χ2v) is 3.65. The first-order valence-corrected chi connectivity index (χ1v) is 4.36. The smallest absolute Gasteiger partial charge is 0.0661 e. The van der Waals surface area contributed by atoms with Crippen LogP contribution in [0.2, 0.25) is 0 Å². The third-order valence-electron chi connectivity index (χ3n) is 2.47. The van der Waals surface area contributed by atoms with Crippen molar-refractivity contribution >= 4 is 0 Å². The first-order valence-electron chi connectivity index (χ1n) is 4.36. The molecule has 1 fully saturated rings. The summed E-state index contributed by atoms with van der Waals surface area (Å²) in [5.41, 5.74) is 0. The number of rotatable bonds is 2. The van der Waals surface area contributed by atoms with Crippen LogP contribution in [0.1, 0.15) is 20.3 Å². The van der Waals surface area contributed by atoms with Crippen LogP contribution in [0.25, 0.3) is 0 Å². The van der Waals surface area contributed by atoms with Gasteiger partial charge in [0.05, 0.1) is 12.0 Å². The van der Waals surface area contributed by atoms with E-state index in [9.17, 15) is 0 Å². The standard InChI is InChI=1S/C9H16N2/c1-7(2)9(5-10)8-3-4-11-6-8/h7-9,11H,3-4,6H2,1-2H3. The number of hydrogen-bond acceptors (Lipinski definition) is 2. The highest BCUT2D eigenvalue weighted by molar-refractivity contribution is 4.93. The highest BCUT2D eigenvalue weighted by atomic mass is 14.9. The Morgan fingerprint density at radius 1 is 1.55 bits per heavy atom. The highest BCUT2D eigenvalue weighted by Gasteiger charge is 2.26. The molecule has 0 aliphatic carbocycles. The fraction of sp³-hybridized carbons (Fsp3) is 0.889. The van der Waals surface area contributed by atoms with Gasteiger partial charge in [-0.3, -0.25) is 0 Å². The minimum Gasteiger partial charge on any atom is -0.316 e. The molecule has 0 amide bonds. The van der Waals surface area contributed by atoms with E-state index in [2.05, 4.69) is 25.2 Å². The van der Waals surface area contributed by atoms with Crippen molar-refractivity contribution in [2.75, 3.05) is 13.1 Å². The Kier molecular flexibility index (Phi) is 2.90. The molecule has 1 aliphatic heterocycles. The number of nitrogens with one attached hydrogen (secondary N) is 1. The predicted molar refractivity (Wildman–Crippen MR) is 44.9 cm³/mol. The van der Waals surface area contributed by atoms with Gasteiger partial charge in [-0.2, -0.15) is 5.26 Å². The van der Waals surface area contributed by atoms with Crippen LogP contribution in [-0.4, -0.2) is 13.1 Å². The van der Waals surface area contributed by atoms with Gasteiger partial charge in [-0.25, -0.2) is 0 Å². The molecule has 1 saturated heterocycles. The van der Waals surface area contributed by atoms with E-state index in [0.29, 0.717) is 11.8 Å². The molecule has 2 unspecified atom stereocenters. The van der Waals surface area contributed by atoms with Gasteiger partial charge in [0, 0.05) is 0 Å². The van der Waals surface area contributed by atoms with Crippen LogP contribution in [0, 0.1) is 29.1 Å². The predicted octanol–water partition coefficient (Wildman–Crippen LogP) is 1.39. The fourth-order valence-corrected chi connectivity index (χ4v) is 1.78. The van der Waals surface area contributed by atoms with Crippen molar-refractivity contribution in [2.24, 2.45) is 17.8 Å². The van der Waals surface area contributed by atoms with Crippen molar-refractivity contribution in [1.29, 1.82) is 5.26 Å². The van der Waals surface area contributed by atoms with E-state index in [-0.39, 0.29) is 5.92 Å². The van der Waals surface area contributed by atoms with E-state index in [4.69, 9.17) is 5.26 Å². The van der Waals surface area contributed by atoms with Gasteiger partial charge in [0.15, 0.2) is 0 Å². The SMILES string of the molecule is CC(C)C(C#N)C1CCNC1. The zero-order valence-electron chi connectivity index (χ0n) is 7.30. The van der Waals surface area contributed by atoms with Gasteiger partial charge in [-0.1, -0.05) is 13.8 Å². The van der Waals surface area contributed by atoms with Crippen molar-refractivity contribution in [1.82, 2.24) is 5.32 Å². The molecule has 62 valence electrons. The Labute approximate surface area is 68.6 Å². The Morgan fingerprint density at radius 2 is 2.27 bits per heavy atom. The summed E-state index contributed by atoms with van der Waals surface area (Å²) >= 11 is 0. The van der Waals surface area contributed by atoms with Gasteiger partial charge in [-0.15, -0.1) is 0 Å². The molecular formula is C9H16N2. The van der Waals surface area contributed by atoms with Crippen molar-refractivity contribution in [2.45, 2.75) is 20.3 Å². The summed E-state index contributed by atoms with van der Waals surface area (Å²) in [4.78, 5) is 0. The quantitative estimate of drug-likeness (QED) is 0.649. The van der Waals surface area contributed by atoms with Crippen LogP contribution in [0.15, 0.2) is 0 Å². The monoisotopic (exact) mass is 152 g/mol. The number of nitrogens with zero attached hydrogens (tertiary/aromatic N) is 1. The molecule has 0 aromatic carbocycles. The zero-order valence-corrected chi connectivity index (χ0v) is 7.30. The van der Waals surface area contributed by atoms with Gasteiger partial charge in [0.1, 0.15) is 0 Å². The summed E-state index contributed by atoms with van der Waals surface area (Å²) in [5.74, 6) is 1.36. The molecule has 0 aromatic rings. The normalized spacial score (nSPS) is 26.9. The van der Waals surface area contributed by atoms with Crippen LogP contribution in [0.4, 0.5) is 0 Å². The minimum absolute atomic E-state index is 0.255. The molecule has 1 heterocycles. The van der Waals surface area contributed by atoms with E-state index >= 15 is 0 Å². The molecule has 2 heteroatoms. The van der Waals surface area contributed by atoms with Crippen molar-refractivity contribution < 1.29 is 0 Å². The molecule has 1 rings (SSSR count). The summed E-state index contributed by atoms with van der Waals surface area (Å²) in [6.07, 6.45) is 1.18. The Bertz CT molecular complexity index is 151. The van der Waals surface area contributed by atoms with Crippen LogP contribution in [-0.2, 0) is 0 Å². The topological polar surface area (TPSA) is 35.8 Å². The largest absolute Gasteiger partial charge is 0.316 e. The third-order valence-corrected chi connectivity index (χ3v) is 2.47. The molecular weight excluding hydrogens is 136 g/mol. The van der Waals surface area contributed by atoms with Gasteiger partial charge >= 0.3 is 0 Å². The molecule has 11 heavy (non-hydrogen) atoms. The Balaban J connectivity index is 2.48. The van der Waals surface area contributed by atoms with E-state index < -0.39 is 0 Å². The van der Waals surface area contributed by atoms with E-state index in [1.807, 2.05) is 0 Å². The second-order valence-electron chi connectivity index (χ2n) is 3.65. The first-order chi connectivity index (χ1) is 5.25. The number of hydrogen-bond donors (Lipinski definition) is 1. The highest BCUT2D eigenvalue weighted by Crippen LogP contribution is 2.24. The summed E-state index contributed by atoms with van der Waals surface area (Å²) < 4.78 is 0. The van der Waals surface area contributed by atoms with Crippen LogP contribution in [0.3, 0.4) is 0 Å². The van der Waals surface area contributed by atoms with E-state index in [0.717, 1.165) is 13.1 Å². The van der Waals surface area contributed by atoms with Crippen molar-refractivity contribution in [3.05, 3.63) is 0 Å². The van der Waals surface area contributed by atoms with Gasteiger partial charge in [0.2, 0.25) is 0 Å². The Hall–Kier alpha value is -0.550. The lowest BCUT2D eigenvalue weighted by Gasteiger charge is -2.18. The first kappa shape index (κ1) is 8.55. The Morgan fingerprint density at radius 3 is 2.64 bits per heavy atom. The summed E-state index contributed by atoms with van der Waals surface area (Å²) in [7, 11) is 0. The summed E-state index contributed by atoms with van der Waals surface area (Å²) in [6.45, 7) is 6.39. The van der Waals surface area contributed by atoms with Gasteiger partial charge in [-0.05, 0) is 31.3 Å². The zero-order chi connectivity index (χ0) is 8.27. The minimum atomic E-state index is 0.255. The average molecular weight is 152 g/mol. The summed E-state index contributed by atoms with van der Waals surface area (Å²) in [5, 5.41) is 12.2. The van der Waals surface area contributed by atoms with E-state index in [1.54, 1.807) is 0 Å². The molecule has 1 aliphatic rings. The molecule has 0 aromatic heterocycles. The van der Waals surface area contributed by atoms with Crippen LogP contribution < -0.4 is 5.32 Å². The molecule has 0 radical (unpaired) electrons. The lowest BCUT2D eigenvalue weighted by Crippen LogP contribution is -2.20. The van der Waals surface area contributed by atoms with Gasteiger partial charge in [0.25, 0.3) is 0 Å². The molecule has 1 N–H and O–H groups in total. The molecule has 0 spiro atoms. The number of nitriles is 1. The molecule has 2 atom stereocenters. The molecule has 0 saturated carbocycles. The van der Waals surface area contributed by atoms with E-state index in [1.165, 1.54) is 6.42 Å². The third kappa shape index (κ3) is 1.94. The second kappa shape index (κ2) is 3.73. The molecule has 0 bridgehead atoms. The van der Waals surface area contributed by atoms with Gasteiger partial charge < -0.3 is 5.32 Å². The summed E-state index contributed by atoms with van der Waals surface area (Å²) in [6, 6.07) is 2.40. The fourth-order valence-electron chi connectivity index (χ4n) is 1.78. The lowest BCUT2D eigenvalue weighted by atomic mass is 9.84. The van der Waals surface area contributed by atoms with Crippen molar-refractivity contribution in [3.8, 4) is 6.07 Å². The maximum absolute atomic E-state index is 8.88. The molecule has 2 nitrogen and oxygen atoms in total. The van der Waals surface area contributed by atoms with Crippen molar-refractivity contribution in [3.63, 3.8) is 0 Å². The van der Waals surface area contributed by atoms with Crippen LogP contribution in [0.5, 0.6) is 0 Å². The maximum atomic E-state index is 8.88. The maximum Gasteiger partial charge on any atom is 0.0661 e.